The van der Waals surface area contributed by atoms with Crippen LogP contribution in [0.25, 0.3) is 5.70 Å². The van der Waals surface area contributed by atoms with Crippen molar-refractivity contribution in [1.29, 1.82) is 0 Å². The molecule has 2 aliphatic rings. The van der Waals surface area contributed by atoms with Gasteiger partial charge in [0.1, 0.15) is 17.6 Å². The van der Waals surface area contributed by atoms with Gasteiger partial charge >= 0.3 is 6.18 Å². The van der Waals surface area contributed by atoms with Gasteiger partial charge in [-0.15, -0.1) is 5.10 Å². The number of ether oxygens (including phenoxy) is 1. The molecular formula is C22H19F4N5O2. The Morgan fingerprint density at radius 1 is 1.09 bits per heavy atom. The molecule has 0 radical (unpaired) electrons. The van der Waals surface area contributed by atoms with Crippen molar-refractivity contribution in [2.45, 2.75) is 12.2 Å². The largest absolute Gasteiger partial charge is 0.508 e. The fourth-order valence-corrected chi connectivity index (χ4v) is 3.96. The van der Waals surface area contributed by atoms with Crippen LogP contribution in [0.1, 0.15) is 23.0 Å². The van der Waals surface area contributed by atoms with Gasteiger partial charge in [0, 0.05) is 24.4 Å². The SMILES string of the molecule is Oc1cccc(C2C=C(c3ccc(N4CCOCC4)c(F)c3)Nc3nc(C(F)(F)F)nn32)c1. The van der Waals surface area contributed by atoms with E-state index in [1.807, 2.05) is 4.90 Å². The van der Waals surface area contributed by atoms with Crippen molar-refractivity contribution >= 4 is 17.3 Å². The van der Waals surface area contributed by atoms with Crippen molar-refractivity contribution in [3.05, 3.63) is 71.3 Å². The summed E-state index contributed by atoms with van der Waals surface area (Å²) in [4.78, 5) is 5.49. The zero-order chi connectivity index (χ0) is 23.2. The molecule has 5 rings (SSSR count). The third kappa shape index (κ3) is 4.11. The summed E-state index contributed by atoms with van der Waals surface area (Å²) < 4.78 is 61.2. The molecule has 0 bridgehead atoms. The normalized spacial score (nSPS) is 18.5. The van der Waals surface area contributed by atoms with Gasteiger partial charge in [-0.3, -0.25) is 0 Å². The van der Waals surface area contributed by atoms with E-state index in [0.29, 0.717) is 48.8 Å². The van der Waals surface area contributed by atoms with Crippen molar-refractivity contribution in [2.75, 3.05) is 36.5 Å². The highest BCUT2D eigenvalue weighted by molar-refractivity contribution is 5.78. The maximum Gasteiger partial charge on any atom is 0.453 e. The summed E-state index contributed by atoms with van der Waals surface area (Å²) in [6, 6.07) is 10.0. The molecule has 172 valence electrons. The van der Waals surface area contributed by atoms with Crippen LogP contribution in [0, 0.1) is 5.82 Å². The van der Waals surface area contributed by atoms with Gasteiger partial charge in [-0.05, 0) is 35.9 Å². The fourth-order valence-electron chi connectivity index (χ4n) is 3.96. The number of alkyl halides is 3. The molecule has 0 saturated carbocycles. The molecule has 1 unspecified atom stereocenters. The molecule has 1 aromatic heterocycles. The fraction of sp³-hybridized carbons (Fsp3) is 0.273. The van der Waals surface area contributed by atoms with Gasteiger partial charge in [-0.2, -0.15) is 18.2 Å². The van der Waals surface area contributed by atoms with Gasteiger partial charge in [0.25, 0.3) is 5.82 Å². The Morgan fingerprint density at radius 3 is 2.58 bits per heavy atom. The molecule has 3 aromatic rings. The maximum atomic E-state index is 15.0. The first-order valence-corrected chi connectivity index (χ1v) is 10.2. The summed E-state index contributed by atoms with van der Waals surface area (Å²) in [6.07, 6.45) is -3.11. The standard InChI is InChI=1S/C22H19F4N5O2/c23-16-11-13(4-5-18(16)30-6-8-33-9-7-30)17-12-19(14-2-1-3-15(32)10-14)31-21(27-17)28-20(29-31)22(24,25)26/h1-5,10-12,19,32H,6-9H2,(H,27,28,29). The number of hydrogen-bond donors (Lipinski definition) is 2. The lowest BCUT2D eigenvalue weighted by atomic mass is 10.0. The third-order valence-corrected chi connectivity index (χ3v) is 5.54. The average molecular weight is 461 g/mol. The smallest absolute Gasteiger partial charge is 0.453 e. The van der Waals surface area contributed by atoms with Crippen molar-refractivity contribution in [3.63, 3.8) is 0 Å². The number of allylic oxidation sites excluding steroid dienone is 1. The topological polar surface area (TPSA) is 75.4 Å². The van der Waals surface area contributed by atoms with Crippen LogP contribution in [0.15, 0.2) is 48.5 Å². The zero-order valence-electron chi connectivity index (χ0n) is 17.2. The first-order valence-electron chi connectivity index (χ1n) is 10.2. The van der Waals surface area contributed by atoms with Crippen molar-refractivity contribution < 1.29 is 27.4 Å². The first kappa shape index (κ1) is 21.3. The molecule has 11 heteroatoms. The Bertz CT molecular complexity index is 1220. The second-order valence-electron chi connectivity index (χ2n) is 7.71. The number of fused-ring (bicyclic) bond motifs is 1. The van der Waals surface area contributed by atoms with Gasteiger partial charge in [0.15, 0.2) is 0 Å². The minimum atomic E-state index is -4.73. The van der Waals surface area contributed by atoms with Crippen LogP contribution in [-0.4, -0.2) is 46.2 Å². The van der Waals surface area contributed by atoms with E-state index in [0.717, 1.165) is 4.68 Å². The van der Waals surface area contributed by atoms with Crippen LogP contribution >= 0.6 is 0 Å². The van der Waals surface area contributed by atoms with E-state index in [2.05, 4.69) is 15.4 Å². The lowest BCUT2D eigenvalue weighted by Gasteiger charge is -2.29. The molecule has 33 heavy (non-hydrogen) atoms. The van der Waals surface area contributed by atoms with Crippen molar-refractivity contribution in [1.82, 2.24) is 14.8 Å². The monoisotopic (exact) mass is 461 g/mol. The number of benzene rings is 2. The quantitative estimate of drug-likeness (QED) is 0.574. The maximum absolute atomic E-state index is 15.0. The van der Waals surface area contributed by atoms with Gasteiger partial charge in [-0.25, -0.2) is 9.07 Å². The number of aromatic hydroxyl groups is 1. The van der Waals surface area contributed by atoms with E-state index in [1.165, 1.54) is 18.2 Å². The van der Waals surface area contributed by atoms with E-state index in [4.69, 9.17) is 4.74 Å². The minimum Gasteiger partial charge on any atom is -0.508 e. The molecule has 2 aromatic carbocycles. The summed E-state index contributed by atoms with van der Waals surface area (Å²) in [7, 11) is 0. The van der Waals surface area contributed by atoms with Crippen molar-refractivity contribution in [3.8, 4) is 5.75 Å². The van der Waals surface area contributed by atoms with Gasteiger partial charge < -0.3 is 20.1 Å². The number of phenolic OH excluding ortho intramolecular Hbond substituents is 1. The van der Waals surface area contributed by atoms with E-state index < -0.39 is 23.9 Å². The predicted octanol–water partition coefficient (Wildman–Crippen LogP) is 4.03. The van der Waals surface area contributed by atoms with Crippen LogP contribution in [0.4, 0.5) is 29.2 Å². The highest BCUT2D eigenvalue weighted by Gasteiger charge is 2.39. The van der Waals surface area contributed by atoms with E-state index in [9.17, 15) is 22.7 Å². The molecule has 2 aliphatic heterocycles. The van der Waals surface area contributed by atoms with Gasteiger partial charge in [-0.1, -0.05) is 18.2 Å². The number of halogens is 4. The van der Waals surface area contributed by atoms with E-state index in [-0.39, 0.29) is 11.7 Å². The molecule has 0 aliphatic carbocycles. The molecular weight excluding hydrogens is 442 g/mol. The number of nitrogens with zero attached hydrogens (tertiary/aromatic N) is 4. The number of hydrogen-bond acceptors (Lipinski definition) is 6. The summed E-state index contributed by atoms with van der Waals surface area (Å²) in [5, 5.41) is 16.3. The second-order valence-corrected chi connectivity index (χ2v) is 7.71. The molecule has 2 N–H and O–H groups in total. The molecule has 1 atom stereocenters. The molecule has 3 heterocycles. The van der Waals surface area contributed by atoms with Crippen LogP contribution in [-0.2, 0) is 10.9 Å². The van der Waals surface area contributed by atoms with Gasteiger partial charge in [0.2, 0.25) is 5.95 Å². The Kier molecular flexibility index (Phi) is 5.20. The molecule has 7 nitrogen and oxygen atoms in total. The third-order valence-electron chi connectivity index (χ3n) is 5.54. The average Bonchev–Trinajstić information content (AvgIpc) is 3.24. The summed E-state index contributed by atoms with van der Waals surface area (Å²) in [6.45, 7) is 2.16. The molecule has 1 saturated heterocycles. The predicted molar refractivity (Wildman–Crippen MR) is 112 cm³/mol. The molecule has 0 spiro atoms. The summed E-state index contributed by atoms with van der Waals surface area (Å²) in [5.41, 5.74) is 1.76. The number of phenols is 1. The van der Waals surface area contributed by atoms with E-state index in [1.54, 1.807) is 30.3 Å². The number of rotatable bonds is 3. The van der Waals surface area contributed by atoms with Gasteiger partial charge in [0.05, 0.1) is 18.9 Å². The van der Waals surface area contributed by atoms with E-state index >= 15 is 0 Å². The lowest BCUT2D eigenvalue weighted by Crippen LogP contribution is -2.36. The molecule has 0 amide bonds. The number of aromatic nitrogens is 3. The first-order chi connectivity index (χ1) is 15.8. The van der Waals surface area contributed by atoms with Crippen LogP contribution in [0.5, 0.6) is 5.75 Å². The van der Waals surface area contributed by atoms with Crippen LogP contribution in [0.3, 0.4) is 0 Å². The Balaban J connectivity index is 1.55. The van der Waals surface area contributed by atoms with Crippen LogP contribution in [0.2, 0.25) is 0 Å². The Hall–Kier alpha value is -3.60. The lowest BCUT2D eigenvalue weighted by molar-refractivity contribution is -0.145. The number of nitrogens with one attached hydrogen (secondary N) is 1. The minimum absolute atomic E-state index is 0.0420. The molecule has 1 fully saturated rings. The van der Waals surface area contributed by atoms with Crippen molar-refractivity contribution in [2.24, 2.45) is 0 Å². The highest BCUT2D eigenvalue weighted by atomic mass is 19.4. The second kappa shape index (κ2) is 8.07. The highest BCUT2D eigenvalue weighted by Crippen LogP contribution is 2.37. The Labute approximate surface area is 185 Å². The summed E-state index contributed by atoms with van der Waals surface area (Å²) in [5.74, 6) is -1.92. The zero-order valence-corrected chi connectivity index (χ0v) is 17.2. The number of morpholine rings is 1. The Morgan fingerprint density at radius 2 is 1.88 bits per heavy atom. The van der Waals surface area contributed by atoms with Crippen LogP contribution < -0.4 is 10.2 Å². The number of anilines is 2. The summed E-state index contributed by atoms with van der Waals surface area (Å²) >= 11 is 0.